The summed E-state index contributed by atoms with van der Waals surface area (Å²) in [6.45, 7) is -0.166. The molecule has 1 heterocycles. The van der Waals surface area contributed by atoms with Crippen LogP contribution in [0.1, 0.15) is 20.0 Å². The molecule has 0 radical (unpaired) electrons. The molecule has 2 rings (SSSR count). The highest BCUT2D eigenvalue weighted by molar-refractivity contribution is 7.18. The summed E-state index contributed by atoms with van der Waals surface area (Å²) in [7, 11) is 0. The Bertz CT molecular complexity index is 624. The molecular weight excluding hydrogens is 286 g/mol. The predicted octanol–water partition coefficient (Wildman–Crippen LogP) is 2.76. The van der Waals surface area contributed by atoms with Crippen molar-refractivity contribution < 1.29 is 14.3 Å². The molecule has 0 aliphatic rings. The third-order valence-electron chi connectivity index (χ3n) is 2.36. The maximum Gasteiger partial charge on any atom is 0.252 e. The molecule has 0 aliphatic heterocycles. The van der Waals surface area contributed by atoms with Crippen LogP contribution in [0.15, 0.2) is 36.4 Å². The molecule has 1 aromatic heterocycles. The molecule has 0 spiro atoms. The molecule has 19 heavy (non-hydrogen) atoms. The van der Waals surface area contributed by atoms with Crippen LogP contribution >= 0.6 is 22.9 Å². The van der Waals surface area contributed by atoms with Gasteiger partial charge in [-0.2, -0.15) is 0 Å². The van der Waals surface area contributed by atoms with E-state index in [4.69, 9.17) is 22.1 Å². The van der Waals surface area contributed by atoms with Gasteiger partial charge < -0.3 is 10.5 Å². The molecule has 0 saturated carbocycles. The minimum atomic E-state index is -0.595. The van der Waals surface area contributed by atoms with Gasteiger partial charge in [0.1, 0.15) is 5.75 Å². The van der Waals surface area contributed by atoms with Gasteiger partial charge in [-0.05, 0) is 24.3 Å². The molecular formula is C13H10ClNO3S. The first kappa shape index (κ1) is 13.6. The van der Waals surface area contributed by atoms with Crippen molar-refractivity contribution in [3.8, 4) is 5.75 Å². The van der Waals surface area contributed by atoms with Crippen molar-refractivity contribution in [1.82, 2.24) is 0 Å². The Kier molecular flexibility index (Phi) is 4.19. The lowest BCUT2D eigenvalue weighted by molar-refractivity contribution is 0.0916. The number of ether oxygens (including phenoxy) is 1. The summed E-state index contributed by atoms with van der Waals surface area (Å²) in [6, 6.07) is 9.80. The topological polar surface area (TPSA) is 69.4 Å². The SMILES string of the molecule is NC(=O)c1ccccc1OCC(=O)c1ccc(Cl)s1. The second-order valence-corrected chi connectivity index (χ2v) is 5.39. The minimum Gasteiger partial charge on any atom is -0.485 e. The molecule has 2 aromatic rings. The fourth-order valence-electron chi connectivity index (χ4n) is 1.47. The number of hydrogen-bond donors (Lipinski definition) is 1. The number of para-hydroxylation sites is 1. The van der Waals surface area contributed by atoms with Gasteiger partial charge in [-0.1, -0.05) is 23.7 Å². The van der Waals surface area contributed by atoms with Gasteiger partial charge in [0, 0.05) is 0 Å². The lowest BCUT2D eigenvalue weighted by atomic mass is 10.2. The van der Waals surface area contributed by atoms with Gasteiger partial charge in [-0.25, -0.2) is 0 Å². The van der Waals surface area contributed by atoms with E-state index in [1.165, 1.54) is 11.3 Å². The second-order valence-electron chi connectivity index (χ2n) is 3.68. The van der Waals surface area contributed by atoms with Gasteiger partial charge in [0.25, 0.3) is 5.91 Å². The highest BCUT2D eigenvalue weighted by atomic mass is 35.5. The van der Waals surface area contributed by atoms with Crippen LogP contribution in [0.4, 0.5) is 0 Å². The molecule has 0 atom stereocenters. The molecule has 0 aliphatic carbocycles. The Morgan fingerprint density at radius 3 is 2.58 bits per heavy atom. The van der Waals surface area contributed by atoms with Crippen LogP contribution in [0.2, 0.25) is 4.34 Å². The fourth-order valence-corrected chi connectivity index (χ4v) is 2.44. The summed E-state index contributed by atoms with van der Waals surface area (Å²) >= 11 is 6.94. The number of amides is 1. The van der Waals surface area contributed by atoms with Gasteiger partial charge in [0.05, 0.1) is 14.8 Å². The number of nitrogens with two attached hydrogens (primary N) is 1. The van der Waals surface area contributed by atoms with E-state index in [0.29, 0.717) is 15.0 Å². The number of benzene rings is 1. The maximum atomic E-state index is 11.8. The van der Waals surface area contributed by atoms with E-state index in [0.717, 1.165) is 0 Å². The van der Waals surface area contributed by atoms with Crippen molar-refractivity contribution in [2.75, 3.05) is 6.61 Å². The minimum absolute atomic E-state index is 0.166. The van der Waals surface area contributed by atoms with Crippen molar-refractivity contribution >= 4 is 34.6 Å². The largest absolute Gasteiger partial charge is 0.485 e. The molecule has 6 heteroatoms. The van der Waals surface area contributed by atoms with Gasteiger partial charge in [-0.15, -0.1) is 11.3 Å². The van der Waals surface area contributed by atoms with Crippen molar-refractivity contribution in [3.63, 3.8) is 0 Å². The number of hydrogen-bond acceptors (Lipinski definition) is 4. The number of carbonyl (C=O) groups is 2. The van der Waals surface area contributed by atoms with Crippen LogP contribution < -0.4 is 10.5 Å². The zero-order chi connectivity index (χ0) is 13.8. The maximum absolute atomic E-state index is 11.8. The summed E-state index contributed by atoms with van der Waals surface area (Å²) in [6.07, 6.45) is 0. The van der Waals surface area contributed by atoms with E-state index in [1.807, 2.05) is 0 Å². The Balaban J connectivity index is 2.07. The van der Waals surface area contributed by atoms with E-state index in [1.54, 1.807) is 36.4 Å². The summed E-state index contributed by atoms with van der Waals surface area (Å²) < 4.78 is 5.88. The molecule has 0 saturated heterocycles. The summed E-state index contributed by atoms with van der Waals surface area (Å²) in [5, 5.41) is 0. The molecule has 4 nitrogen and oxygen atoms in total. The van der Waals surface area contributed by atoms with Crippen LogP contribution in [0, 0.1) is 0 Å². The quantitative estimate of drug-likeness (QED) is 0.862. The van der Waals surface area contributed by atoms with Crippen molar-refractivity contribution in [2.24, 2.45) is 5.73 Å². The highest BCUT2D eigenvalue weighted by Gasteiger charge is 2.13. The Morgan fingerprint density at radius 1 is 1.21 bits per heavy atom. The number of rotatable bonds is 5. The number of ketones is 1. The Morgan fingerprint density at radius 2 is 1.95 bits per heavy atom. The lowest BCUT2D eigenvalue weighted by Gasteiger charge is -2.07. The summed E-state index contributed by atoms with van der Waals surface area (Å²) in [5.74, 6) is -0.496. The number of thiophene rings is 1. The molecule has 2 N–H and O–H groups in total. The number of halogens is 1. The van der Waals surface area contributed by atoms with Gasteiger partial charge in [0.2, 0.25) is 5.78 Å². The van der Waals surface area contributed by atoms with E-state index < -0.39 is 5.91 Å². The fraction of sp³-hybridized carbons (Fsp3) is 0.0769. The molecule has 1 amide bonds. The van der Waals surface area contributed by atoms with Crippen molar-refractivity contribution in [1.29, 1.82) is 0 Å². The molecule has 98 valence electrons. The third kappa shape index (κ3) is 3.33. The second kappa shape index (κ2) is 5.86. The number of Topliss-reactive ketones (excluding diaryl/α,β-unsaturated/α-hetero) is 1. The van der Waals surface area contributed by atoms with Gasteiger partial charge in [0.15, 0.2) is 6.61 Å². The van der Waals surface area contributed by atoms with Crippen molar-refractivity contribution in [2.45, 2.75) is 0 Å². The monoisotopic (exact) mass is 295 g/mol. The average molecular weight is 296 g/mol. The Labute approximate surface area is 118 Å². The van der Waals surface area contributed by atoms with Crippen LogP contribution in [-0.4, -0.2) is 18.3 Å². The molecule has 0 unspecified atom stereocenters. The standard InChI is InChI=1S/C13H10ClNO3S/c14-12-6-5-11(19-12)9(16)7-18-10-4-2-1-3-8(10)13(15)17/h1-6H,7H2,(H2,15,17). The first-order valence-electron chi connectivity index (χ1n) is 5.38. The first-order valence-corrected chi connectivity index (χ1v) is 6.57. The molecule has 0 fully saturated rings. The smallest absolute Gasteiger partial charge is 0.252 e. The van der Waals surface area contributed by atoms with Gasteiger partial charge in [-0.3, -0.25) is 9.59 Å². The average Bonchev–Trinajstić information content (AvgIpc) is 2.83. The van der Waals surface area contributed by atoms with Crippen LogP contribution in [0.3, 0.4) is 0 Å². The number of primary amides is 1. The normalized spacial score (nSPS) is 10.2. The van der Waals surface area contributed by atoms with E-state index in [9.17, 15) is 9.59 Å². The number of carbonyl (C=O) groups excluding carboxylic acids is 2. The predicted molar refractivity (Wildman–Crippen MR) is 74.1 cm³/mol. The zero-order valence-corrected chi connectivity index (χ0v) is 11.3. The van der Waals surface area contributed by atoms with Crippen LogP contribution in [0.25, 0.3) is 0 Å². The van der Waals surface area contributed by atoms with Crippen LogP contribution in [0.5, 0.6) is 5.75 Å². The molecule has 1 aromatic carbocycles. The van der Waals surface area contributed by atoms with Gasteiger partial charge >= 0.3 is 0 Å². The summed E-state index contributed by atoms with van der Waals surface area (Å²) in [4.78, 5) is 23.5. The third-order valence-corrected chi connectivity index (χ3v) is 3.63. The van der Waals surface area contributed by atoms with E-state index >= 15 is 0 Å². The van der Waals surface area contributed by atoms with Crippen LogP contribution in [-0.2, 0) is 0 Å². The highest BCUT2D eigenvalue weighted by Crippen LogP contribution is 2.22. The zero-order valence-electron chi connectivity index (χ0n) is 9.76. The Hall–Kier alpha value is -1.85. The first-order chi connectivity index (χ1) is 9.08. The van der Waals surface area contributed by atoms with E-state index in [2.05, 4.69) is 0 Å². The van der Waals surface area contributed by atoms with Crippen molar-refractivity contribution in [3.05, 3.63) is 51.2 Å². The molecule has 0 bridgehead atoms. The van der Waals surface area contributed by atoms with E-state index in [-0.39, 0.29) is 18.0 Å². The lowest BCUT2D eigenvalue weighted by Crippen LogP contribution is -2.16. The summed E-state index contributed by atoms with van der Waals surface area (Å²) in [5.41, 5.74) is 5.47.